The molecule has 1 aromatic rings. The zero-order valence-corrected chi connectivity index (χ0v) is 14.2. The van der Waals surface area contributed by atoms with Crippen molar-refractivity contribution in [3.05, 3.63) is 29.3 Å². The lowest BCUT2D eigenvalue weighted by atomic mass is 10.0. The molecule has 1 fully saturated rings. The third kappa shape index (κ3) is 4.87. The van der Waals surface area contributed by atoms with Crippen LogP contribution in [0.5, 0.6) is 0 Å². The van der Waals surface area contributed by atoms with E-state index in [1.165, 1.54) is 0 Å². The topological polar surface area (TPSA) is 87.7 Å². The fraction of sp³-hybridized carbons (Fsp3) is 0.500. The van der Waals surface area contributed by atoms with Gasteiger partial charge in [-0.3, -0.25) is 19.3 Å². The maximum atomic E-state index is 12.2. The minimum atomic E-state index is -0.111. The van der Waals surface area contributed by atoms with Crippen LogP contribution >= 0.6 is 0 Å². The number of hydrogen-bond acceptors (Lipinski definition) is 5. The molecule has 2 N–H and O–H groups in total. The number of anilines is 1. The second-order valence-corrected chi connectivity index (χ2v) is 6.32. The highest BCUT2D eigenvalue weighted by Crippen LogP contribution is 2.24. The molecular weight excluding hydrogens is 322 g/mol. The Morgan fingerprint density at radius 2 is 2.00 bits per heavy atom. The van der Waals surface area contributed by atoms with Gasteiger partial charge in [-0.05, 0) is 23.8 Å². The van der Waals surface area contributed by atoms with Crippen molar-refractivity contribution in [1.29, 1.82) is 0 Å². The summed E-state index contributed by atoms with van der Waals surface area (Å²) in [6.07, 6.45) is 0.651. The van der Waals surface area contributed by atoms with Crippen LogP contribution in [0, 0.1) is 0 Å². The Hall–Kier alpha value is -2.25. The van der Waals surface area contributed by atoms with E-state index in [1.54, 1.807) is 18.2 Å². The predicted octanol–water partition coefficient (Wildman–Crippen LogP) is 0.593. The smallest absolute Gasteiger partial charge is 0.228 e. The first-order chi connectivity index (χ1) is 12.1. The average molecular weight is 345 g/mol. The van der Waals surface area contributed by atoms with Crippen molar-refractivity contribution in [2.24, 2.45) is 0 Å². The van der Waals surface area contributed by atoms with E-state index in [0.717, 1.165) is 44.1 Å². The summed E-state index contributed by atoms with van der Waals surface area (Å²) >= 11 is 0. The summed E-state index contributed by atoms with van der Waals surface area (Å²) in [6, 6.07) is 5.19. The van der Waals surface area contributed by atoms with E-state index >= 15 is 0 Å². The highest BCUT2D eigenvalue weighted by molar-refractivity contribution is 6.02. The number of nitrogens with zero attached hydrogens (tertiary/aromatic N) is 1. The number of morpholine rings is 1. The summed E-state index contributed by atoms with van der Waals surface area (Å²) in [5.41, 5.74) is 2.16. The third-order valence-corrected chi connectivity index (χ3v) is 4.49. The van der Waals surface area contributed by atoms with Crippen LogP contribution in [0.3, 0.4) is 0 Å². The van der Waals surface area contributed by atoms with Crippen molar-refractivity contribution in [2.45, 2.75) is 19.3 Å². The normalized spacial score (nSPS) is 17.0. The Morgan fingerprint density at radius 1 is 1.20 bits per heavy atom. The number of nitrogens with one attached hydrogen (secondary N) is 2. The summed E-state index contributed by atoms with van der Waals surface area (Å²) in [5.74, 6) is -0.246. The molecule has 0 atom stereocenters. The first kappa shape index (κ1) is 17.6. The van der Waals surface area contributed by atoms with Gasteiger partial charge in [0.15, 0.2) is 5.78 Å². The van der Waals surface area contributed by atoms with Gasteiger partial charge in [-0.25, -0.2) is 0 Å². The van der Waals surface area contributed by atoms with Gasteiger partial charge in [-0.2, -0.15) is 0 Å². The quantitative estimate of drug-likeness (QED) is 0.707. The van der Waals surface area contributed by atoms with Crippen LogP contribution in [0.4, 0.5) is 5.69 Å². The molecule has 0 spiro atoms. The fourth-order valence-corrected chi connectivity index (χ4v) is 3.04. The van der Waals surface area contributed by atoms with Crippen molar-refractivity contribution in [1.82, 2.24) is 10.2 Å². The van der Waals surface area contributed by atoms with Crippen LogP contribution in [0.1, 0.15) is 28.8 Å². The van der Waals surface area contributed by atoms with Crippen LogP contribution in [0.2, 0.25) is 0 Å². The van der Waals surface area contributed by atoms with Crippen molar-refractivity contribution in [3.8, 4) is 0 Å². The lowest BCUT2D eigenvalue weighted by molar-refractivity contribution is -0.121. The highest BCUT2D eigenvalue weighted by Gasteiger charge is 2.19. The fourth-order valence-electron chi connectivity index (χ4n) is 3.04. The van der Waals surface area contributed by atoms with Crippen molar-refractivity contribution in [2.75, 3.05) is 44.7 Å². The molecule has 2 aliphatic rings. The zero-order chi connectivity index (χ0) is 17.6. The first-order valence-electron chi connectivity index (χ1n) is 8.64. The van der Waals surface area contributed by atoms with Crippen LogP contribution < -0.4 is 10.6 Å². The Labute approximate surface area is 146 Å². The Bertz CT molecular complexity index is 668. The van der Waals surface area contributed by atoms with Gasteiger partial charge < -0.3 is 15.4 Å². The van der Waals surface area contributed by atoms with Gasteiger partial charge in [0.05, 0.1) is 19.6 Å². The SMILES string of the molecule is O=C(CCC(=O)c1ccc2c(c1)CC(=O)N2)NCCN1CCOCC1. The molecule has 134 valence electrons. The summed E-state index contributed by atoms with van der Waals surface area (Å²) < 4.78 is 5.28. The molecule has 7 heteroatoms. The molecule has 3 rings (SSSR count). The molecule has 1 saturated heterocycles. The Balaban J connectivity index is 1.39. The molecule has 1 aromatic carbocycles. The van der Waals surface area contributed by atoms with Gasteiger partial charge in [0.25, 0.3) is 0 Å². The number of rotatable bonds is 7. The van der Waals surface area contributed by atoms with Crippen LogP contribution in [-0.4, -0.2) is 61.9 Å². The number of benzene rings is 1. The number of carbonyl (C=O) groups is 3. The van der Waals surface area contributed by atoms with E-state index in [-0.39, 0.29) is 30.4 Å². The molecule has 0 aliphatic carbocycles. The number of ether oxygens (including phenoxy) is 1. The summed E-state index contributed by atoms with van der Waals surface area (Å²) in [6.45, 7) is 4.65. The van der Waals surface area contributed by atoms with E-state index in [2.05, 4.69) is 15.5 Å². The molecule has 2 heterocycles. The maximum absolute atomic E-state index is 12.2. The van der Waals surface area contributed by atoms with Crippen LogP contribution in [0.25, 0.3) is 0 Å². The lowest BCUT2D eigenvalue weighted by Crippen LogP contribution is -2.41. The minimum absolute atomic E-state index is 0.0563. The second-order valence-electron chi connectivity index (χ2n) is 6.32. The van der Waals surface area contributed by atoms with Crippen LogP contribution in [0.15, 0.2) is 18.2 Å². The minimum Gasteiger partial charge on any atom is -0.379 e. The number of Topliss-reactive ketones (excluding diaryl/α,β-unsaturated/α-hetero) is 1. The molecule has 2 aliphatic heterocycles. The van der Waals surface area contributed by atoms with E-state index < -0.39 is 0 Å². The zero-order valence-electron chi connectivity index (χ0n) is 14.2. The maximum Gasteiger partial charge on any atom is 0.228 e. The molecular formula is C18H23N3O4. The number of hydrogen-bond donors (Lipinski definition) is 2. The molecule has 25 heavy (non-hydrogen) atoms. The average Bonchev–Trinajstić information content (AvgIpc) is 2.99. The molecule has 2 amide bonds. The number of ketones is 1. The second kappa shape index (κ2) is 8.22. The van der Waals surface area contributed by atoms with E-state index in [4.69, 9.17) is 4.74 Å². The van der Waals surface area contributed by atoms with Crippen molar-refractivity contribution < 1.29 is 19.1 Å². The number of amides is 2. The van der Waals surface area contributed by atoms with Crippen molar-refractivity contribution in [3.63, 3.8) is 0 Å². The van der Waals surface area contributed by atoms with Gasteiger partial charge in [0.2, 0.25) is 11.8 Å². The number of fused-ring (bicyclic) bond motifs is 1. The Kier molecular flexibility index (Phi) is 5.78. The van der Waals surface area contributed by atoms with Gasteiger partial charge in [-0.15, -0.1) is 0 Å². The first-order valence-corrected chi connectivity index (χ1v) is 8.64. The molecule has 0 aromatic heterocycles. The van der Waals surface area contributed by atoms with Gasteiger partial charge in [-0.1, -0.05) is 0 Å². The molecule has 0 bridgehead atoms. The summed E-state index contributed by atoms with van der Waals surface area (Å²) in [4.78, 5) is 37.7. The Morgan fingerprint density at radius 3 is 2.80 bits per heavy atom. The molecule has 0 saturated carbocycles. The summed E-state index contributed by atoms with van der Waals surface area (Å²) in [5, 5.41) is 5.59. The van der Waals surface area contributed by atoms with Crippen molar-refractivity contribution >= 4 is 23.3 Å². The van der Waals surface area contributed by atoms with Gasteiger partial charge in [0.1, 0.15) is 0 Å². The van der Waals surface area contributed by atoms with E-state index in [1.807, 2.05) is 0 Å². The van der Waals surface area contributed by atoms with E-state index in [9.17, 15) is 14.4 Å². The molecule has 7 nitrogen and oxygen atoms in total. The van der Waals surface area contributed by atoms with Gasteiger partial charge >= 0.3 is 0 Å². The third-order valence-electron chi connectivity index (χ3n) is 4.49. The van der Waals surface area contributed by atoms with E-state index in [0.29, 0.717) is 18.5 Å². The lowest BCUT2D eigenvalue weighted by Gasteiger charge is -2.26. The number of carbonyl (C=O) groups excluding carboxylic acids is 3. The largest absolute Gasteiger partial charge is 0.379 e. The van der Waals surface area contributed by atoms with Gasteiger partial charge in [0, 0.05) is 50.3 Å². The predicted molar refractivity (Wildman–Crippen MR) is 92.6 cm³/mol. The standard InChI is InChI=1S/C18H23N3O4/c22-16(13-1-2-15-14(11-13)12-18(24)20-15)3-4-17(23)19-5-6-21-7-9-25-10-8-21/h1-2,11H,3-10,12H2,(H,19,23)(H,20,24). The highest BCUT2D eigenvalue weighted by atomic mass is 16.5. The summed E-state index contributed by atoms with van der Waals surface area (Å²) in [7, 11) is 0. The molecule has 0 unspecified atom stereocenters. The molecule has 0 radical (unpaired) electrons. The monoisotopic (exact) mass is 345 g/mol. The van der Waals surface area contributed by atoms with Crippen LogP contribution in [-0.2, 0) is 20.7 Å².